The Labute approximate surface area is 283 Å². The molecule has 2 aromatic heterocycles. The zero-order valence-corrected chi connectivity index (χ0v) is 27.5. The van der Waals surface area contributed by atoms with E-state index in [9.17, 15) is 4.79 Å². The number of thioether (sulfide) groups is 2. The van der Waals surface area contributed by atoms with Crippen LogP contribution in [-0.4, -0.2) is 31.4 Å². The number of nitrogens with one attached hydrogen (secondary N) is 1. The van der Waals surface area contributed by atoms with E-state index >= 15 is 0 Å². The largest absolute Gasteiger partial charge is 0.325 e. The molecular formula is C36H26ClN5OS3. The first-order chi connectivity index (χ1) is 22.6. The van der Waals surface area contributed by atoms with Crippen LogP contribution >= 0.6 is 46.5 Å². The Morgan fingerprint density at radius 2 is 1.46 bits per heavy atom. The second-order valence-electron chi connectivity index (χ2n) is 10.3. The number of rotatable bonds is 10. The number of carbonyl (C=O) groups is 1. The maximum atomic E-state index is 13.1. The minimum Gasteiger partial charge on any atom is -0.325 e. The van der Waals surface area contributed by atoms with Crippen LogP contribution in [0.1, 0.15) is 16.4 Å². The lowest BCUT2D eigenvalue weighted by Gasteiger charge is -2.16. The molecule has 0 atom stereocenters. The Morgan fingerprint density at radius 3 is 2.15 bits per heavy atom. The molecule has 0 saturated heterocycles. The first-order valence-electron chi connectivity index (χ1n) is 14.5. The summed E-state index contributed by atoms with van der Waals surface area (Å²) in [6.45, 7) is 0. The zero-order valence-electron chi connectivity index (χ0n) is 24.3. The van der Waals surface area contributed by atoms with Crippen molar-refractivity contribution in [2.45, 2.75) is 14.7 Å². The molecule has 2 heterocycles. The molecule has 1 N–H and O–H groups in total. The summed E-state index contributed by atoms with van der Waals surface area (Å²) in [5.41, 5.74) is 5.74. The lowest BCUT2D eigenvalue weighted by atomic mass is 10.0. The van der Waals surface area contributed by atoms with E-state index in [4.69, 9.17) is 16.6 Å². The van der Waals surface area contributed by atoms with Crippen molar-refractivity contribution in [3.8, 4) is 17.1 Å². The first kappa shape index (κ1) is 30.3. The molecule has 6 nitrogen and oxygen atoms in total. The third kappa shape index (κ3) is 6.73. The Hall–Kier alpha value is -4.41. The quantitative estimate of drug-likeness (QED) is 0.146. The van der Waals surface area contributed by atoms with Gasteiger partial charge in [0.2, 0.25) is 5.91 Å². The van der Waals surface area contributed by atoms with Gasteiger partial charge in [-0.25, -0.2) is 4.98 Å². The standard InChI is InChI=1S/C36H26ClN5OS3/c37-29-19-11-10-18-28(29)34-40-41-35(42(34)27-16-8-3-9-17-27)44-23-32(43)38-26-20-21-30-31(22-26)45-36(39-30)46-33(24-12-4-1-5-13-24)25-14-6-2-7-15-25/h1-22,33H,23H2,(H,38,43). The van der Waals surface area contributed by atoms with Crippen molar-refractivity contribution >= 4 is 68.3 Å². The summed E-state index contributed by atoms with van der Waals surface area (Å²) in [5, 5.41) is 13.2. The second-order valence-corrected chi connectivity index (χ2v) is 14.0. The Bertz CT molecular complexity index is 2060. The molecule has 226 valence electrons. The Morgan fingerprint density at radius 1 is 0.804 bits per heavy atom. The van der Waals surface area contributed by atoms with Crippen LogP contribution in [0.15, 0.2) is 143 Å². The van der Waals surface area contributed by atoms with Gasteiger partial charge in [-0.1, -0.05) is 126 Å². The Balaban J connectivity index is 1.07. The van der Waals surface area contributed by atoms with E-state index in [1.165, 1.54) is 22.9 Å². The molecule has 0 spiro atoms. The van der Waals surface area contributed by atoms with Gasteiger partial charge < -0.3 is 5.32 Å². The third-order valence-electron chi connectivity index (χ3n) is 7.17. The van der Waals surface area contributed by atoms with Gasteiger partial charge in [0.1, 0.15) is 0 Å². The Kier molecular flexibility index (Phi) is 9.16. The maximum Gasteiger partial charge on any atom is 0.234 e. The van der Waals surface area contributed by atoms with Crippen molar-refractivity contribution in [2.24, 2.45) is 0 Å². The molecule has 0 saturated carbocycles. The van der Waals surface area contributed by atoms with Gasteiger partial charge in [-0.2, -0.15) is 0 Å². The molecule has 5 aromatic carbocycles. The summed E-state index contributed by atoms with van der Waals surface area (Å²) in [7, 11) is 0. The molecule has 10 heteroatoms. The van der Waals surface area contributed by atoms with E-state index < -0.39 is 0 Å². The number of fused-ring (bicyclic) bond motifs is 1. The molecule has 7 rings (SSSR count). The summed E-state index contributed by atoms with van der Waals surface area (Å²) in [5.74, 6) is 0.634. The van der Waals surface area contributed by atoms with Crippen LogP contribution in [0, 0.1) is 0 Å². The molecule has 0 radical (unpaired) electrons. The van der Waals surface area contributed by atoms with Gasteiger partial charge in [0.25, 0.3) is 0 Å². The van der Waals surface area contributed by atoms with Crippen molar-refractivity contribution < 1.29 is 4.79 Å². The van der Waals surface area contributed by atoms with Crippen molar-refractivity contribution in [3.63, 3.8) is 0 Å². The second kappa shape index (κ2) is 13.9. The van der Waals surface area contributed by atoms with Crippen LogP contribution in [0.5, 0.6) is 0 Å². The number of thiazole rings is 1. The summed E-state index contributed by atoms with van der Waals surface area (Å²) in [6, 6.07) is 44.2. The highest BCUT2D eigenvalue weighted by Gasteiger charge is 2.20. The van der Waals surface area contributed by atoms with Crippen molar-refractivity contribution in [2.75, 3.05) is 11.1 Å². The molecule has 0 unspecified atom stereocenters. The topological polar surface area (TPSA) is 72.7 Å². The lowest BCUT2D eigenvalue weighted by Crippen LogP contribution is -2.14. The minimum absolute atomic E-state index is 0.121. The van der Waals surface area contributed by atoms with Crippen LogP contribution < -0.4 is 5.32 Å². The van der Waals surface area contributed by atoms with Crippen LogP contribution in [0.2, 0.25) is 5.02 Å². The predicted octanol–water partition coefficient (Wildman–Crippen LogP) is 9.81. The van der Waals surface area contributed by atoms with Crippen LogP contribution in [-0.2, 0) is 4.79 Å². The minimum atomic E-state index is -0.140. The number of nitrogens with zero attached hydrogens (tertiary/aromatic N) is 4. The van der Waals surface area contributed by atoms with E-state index in [0.717, 1.165) is 31.5 Å². The molecule has 7 aromatic rings. The number of carbonyl (C=O) groups excluding carboxylic acids is 1. The van der Waals surface area contributed by atoms with E-state index in [0.29, 0.717) is 16.0 Å². The molecule has 0 aliphatic rings. The van der Waals surface area contributed by atoms with Gasteiger partial charge in [-0.3, -0.25) is 9.36 Å². The van der Waals surface area contributed by atoms with Crippen LogP contribution in [0.3, 0.4) is 0 Å². The number of hydrogen-bond acceptors (Lipinski definition) is 7. The highest BCUT2D eigenvalue weighted by atomic mass is 35.5. The van der Waals surface area contributed by atoms with E-state index in [2.05, 4.69) is 64.0 Å². The first-order valence-corrected chi connectivity index (χ1v) is 17.5. The molecule has 0 aliphatic carbocycles. The molecule has 46 heavy (non-hydrogen) atoms. The van der Waals surface area contributed by atoms with Crippen LogP contribution in [0.4, 0.5) is 5.69 Å². The van der Waals surface area contributed by atoms with Gasteiger partial charge in [-0.15, -0.1) is 21.5 Å². The van der Waals surface area contributed by atoms with Gasteiger partial charge >= 0.3 is 0 Å². The number of amides is 1. The highest BCUT2D eigenvalue weighted by Crippen LogP contribution is 2.43. The number of hydrogen-bond donors (Lipinski definition) is 1. The molecule has 0 aliphatic heterocycles. The van der Waals surface area contributed by atoms with Gasteiger partial charge in [0, 0.05) is 16.9 Å². The van der Waals surface area contributed by atoms with Gasteiger partial charge in [0.15, 0.2) is 15.3 Å². The lowest BCUT2D eigenvalue weighted by molar-refractivity contribution is -0.113. The number of para-hydroxylation sites is 1. The molecule has 0 fully saturated rings. The van der Waals surface area contributed by atoms with E-state index in [1.807, 2.05) is 89.5 Å². The number of aromatic nitrogens is 4. The van der Waals surface area contributed by atoms with E-state index in [-0.39, 0.29) is 16.9 Å². The van der Waals surface area contributed by atoms with Crippen molar-refractivity contribution in [1.29, 1.82) is 0 Å². The zero-order chi connectivity index (χ0) is 31.3. The van der Waals surface area contributed by atoms with Gasteiger partial charge in [-0.05, 0) is 53.6 Å². The summed E-state index contributed by atoms with van der Waals surface area (Å²) in [6.07, 6.45) is 0. The van der Waals surface area contributed by atoms with E-state index in [1.54, 1.807) is 23.1 Å². The fourth-order valence-electron chi connectivity index (χ4n) is 5.03. The van der Waals surface area contributed by atoms with Crippen molar-refractivity contribution in [1.82, 2.24) is 19.7 Å². The molecule has 0 bridgehead atoms. The summed E-state index contributed by atoms with van der Waals surface area (Å²) in [4.78, 5) is 18.0. The molecular weight excluding hydrogens is 650 g/mol. The average molecular weight is 676 g/mol. The summed E-state index contributed by atoms with van der Waals surface area (Å²) >= 11 is 11.2. The number of halogens is 1. The monoisotopic (exact) mass is 675 g/mol. The average Bonchev–Trinajstić information content (AvgIpc) is 3.71. The number of benzene rings is 5. The normalized spacial score (nSPS) is 11.3. The van der Waals surface area contributed by atoms with Crippen molar-refractivity contribution in [3.05, 3.63) is 150 Å². The van der Waals surface area contributed by atoms with Crippen LogP contribution in [0.25, 0.3) is 27.3 Å². The number of anilines is 1. The fraction of sp³-hybridized carbons (Fsp3) is 0.0556. The smallest absolute Gasteiger partial charge is 0.234 e. The predicted molar refractivity (Wildman–Crippen MR) is 191 cm³/mol. The van der Waals surface area contributed by atoms with Gasteiger partial charge in [0.05, 0.1) is 26.2 Å². The highest BCUT2D eigenvalue weighted by molar-refractivity contribution is 8.01. The maximum absolute atomic E-state index is 13.1. The molecule has 1 amide bonds. The summed E-state index contributed by atoms with van der Waals surface area (Å²) < 4.78 is 3.92. The third-order valence-corrected chi connectivity index (χ3v) is 10.9. The fourth-order valence-corrected chi connectivity index (χ4v) is 8.43. The SMILES string of the molecule is O=C(CSc1nnc(-c2ccccc2Cl)n1-c1ccccc1)Nc1ccc2nc(SC(c3ccccc3)c3ccccc3)sc2c1.